The molecule has 8 atom stereocenters. The zero-order valence-corrected chi connectivity index (χ0v) is 23.0. The summed E-state index contributed by atoms with van der Waals surface area (Å²) >= 11 is 12.7. The van der Waals surface area contributed by atoms with Gasteiger partial charge in [-0.1, -0.05) is 37.3 Å². The number of benzene rings is 1. The summed E-state index contributed by atoms with van der Waals surface area (Å²) in [5.74, 6) is -3.75. The van der Waals surface area contributed by atoms with Crippen LogP contribution in [0.5, 0.6) is 0 Å². The number of aliphatic hydroxyl groups excluding tert-OH is 2. The van der Waals surface area contributed by atoms with Gasteiger partial charge < -0.3 is 36.4 Å². The fraction of sp³-hybridized carbons (Fsp3) is 0.560. The zero-order chi connectivity index (χ0) is 28.9. The van der Waals surface area contributed by atoms with Gasteiger partial charge >= 0.3 is 0 Å². The third kappa shape index (κ3) is 7.18. The van der Waals surface area contributed by atoms with Gasteiger partial charge in [-0.25, -0.2) is 0 Å². The molecule has 0 aromatic heterocycles. The summed E-state index contributed by atoms with van der Waals surface area (Å²) in [5.41, 5.74) is 0.554. The summed E-state index contributed by atoms with van der Waals surface area (Å²) in [6.07, 6.45) is -1.57. The van der Waals surface area contributed by atoms with Crippen molar-refractivity contribution < 1.29 is 34.2 Å². The first kappa shape index (κ1) is 30.6. The molecule has 5 amide bonds. The lowest BCUT2D eigenvalue weighted by Gasteiger charge is -2.32. The summed E-state index contributed by atoms with van der Waals surface area (Å²) in [6.45, 7) is 2.05. The number of hydrogen-bond acceptors (Lipinski definition) is 7. The van der Waals surface area contributed by atoms with Crippen LogP contribution in [0.1, 0.15) is 38.3 Å². The van der Waals surface area contributed by atoms with Crippen molar-refractivity contribution >= 4 is 52.7 Å². The molecule has 1 aromatic rings. The quantitative estimate of drug-likeness (QED) is 0.243. The highest BCUT2D eigenvalue weighted by Gasteiger charge is 2.49. The minimum absolute atomic E-state index is 0.119. The van der Waals surface area contributed by atoms with Crippen LogP contribution in [0.3, 0.4) is 0 Å². The van der Waals surface area contributed by atoms with Crippen LogP contribution in [0.15, 0.2) is 30.3 Å². The highest BCUT2D eigenvalue weighted by molar-refractivity contribution is 6.32. The zero-order valence-electron chi connectivity index (χ0n) is 21.5. The van der Waals surface area contributed by atoms with E-state index in [1.165, 1.54) is 6.92 Å². The van der Waals surface area contributed by atoms with Crippen LogP contribution >= 0.6 is 23.2 Å². The molecule has 2 saturated heterocycles. The average molecular weight is 586 g/mol. The van der Waals surface area contributed by atoms with Gasteiger partial charge in [0.25, 0.3) is 0 Å². The Morgan fingerprint density at radius 1 is 0.949 bits per heavy atom. The fourth-order valence-corrected chi connectivity index (χ4v) is 5.17. The Kier molecular flexibility index (Phi) is 10.5. The van der Waals surface area contributed by atoms with E-state index >= 15 is 0 Å². The molecule has 0 radical (unpaired) electrons. The van der Waals surface area contributed by atoms with Gasteiger partial charge in [0.2, 0.25) is 29.5 Å². The van der Waals surface area contributed by atoms with E-state index in [-0.39, 0.29) is 19.4 Å². The largest absolute Gasteiger partial charge is 0.394 e. The van der Waals surface area contributed by atoms with E-state index in [0.717, 1.165) is 4.90 Å². The molecule has 0 aliphatic carbocycles. The second-order valence-electron chi connectivity index (χ2n) is 9.57. The number of nitrogens with one attached hydrogen (secondary N) is 4. The van der Waals surface area contributed by atoms with Crippen molar-refractivity contribution in [2.24, 2.45) is 0 Å². The number of carbonyl (C=O) groups is 5. The van der Waals surface area contributed by atoms with E-state index in [0.29, 0.717) is 5.56 Å². The first-order valence-corrected chi connectivity index (χ1v) is 13.5. The number of carbonyl (C=O) groups excluding carboxylic acids is 5. The summed E-state index contributed by atoms with van der Waals surface area (Å²) in [7, 11) is 0. The maximum Gasteiger partial charge on any atom is 0.248 e. The second kappa shape index (κ2) is 13.4. The first-order chi connectivity index (χ1) is 18.5. The molecule has 214 valence electrons. The Hall–Kier alpha value is -2.93. The number of fused-ring (bicyclic) bond motifs is 1. The van der Waals surface area contributed by atoms with Crippen molar-refractivity contribution in [2.75, 3.05) is 13.2 Å². The Morgan fingerprint density at radius 2 is 1.56 bits per heavy atom. The number of rotatable bonds is 4. The Labute approximate surface area is 235 Å². The minimum atomic E-state index is -1.45. The van der Waals surface area contributed by atoms with Gasteiger partial charge in [0.05, 0.1) is 35.9 Å². The normalized spacial score (nSPS) is 32.0. The van der Waals surface area contributed by atoms with E-state index < -0.39 is 83.2 Å². The van der Waals surface area contributed by atoms with Crippen molar-refractivity contribution in [3.8, 4) is 0 Å². The van der Waals surface area contributed by atoms with Crippen molar-refractivity contribution in [1.29, 1.82) is 0 Å². The number of aliphatic hydroxyl groups is 2. The number of hydrogen-bond donors (Lipinski definition) is 6. The molecular formula is C25H33Cl2N5O7. The van der Waals surface area contributed by atoms with E-state index in [1.54, 1.807) is 37.3 Å². The number of halogens is 2. The molecule has 2 aliphatic rings. The van der Waals surface area contributed by atoms with Crippen molar-refractivity contribution in [3.63, 3.8) is 0 Å². The Balaban J connectivity index is 2.03. The van der Waals surface area contributed by atoms with Crippen LogP contribution in [0.2, 0.25) is 0 Å². The molecule has 14 heteroatoms. The highest BCUT2D eigenvalue weighted by Crippen LogP contribution is 2.29. The van der Waals surface area contributed by atoms with Crippen LogP contribution in [0, 0.1) is 0 Å². The molecule has 3 rings (SSSR count). The predicted octanol–water partition coefficient (Wildman–Crippen LogP) is -1.09. The molecule has 2 heterocycles. The van der Waals surface area contributed by atoms with Crippen LogP contribution < -0.4 is 21.3 Å². The van der Waals surface area contributed by atoms with Gasteiger partial charge in [0.1, 0.15) is 24.2 Å². The van der Waals surface area contributed by atoms with Crippen molar-refractivity contribution in [1.82, 2.24) is 26.2 Å². The maximum absolute atomic E-state index is 13.5. The van der Waals surface area contributed by atoms with Crippen LogP contribution in [0.4, 0.5) is 0 Å². The smallest absolute Gasteiger partial charge is 0.248 e. The average Bonchev–Trinajstić information content (AvgIpc) is 3.21. The summed E-state index contributed by atoms with van der Waals surface area (Å²) in [5, 5.41) is 28.5. The molecular weight excluding hydrogens is 553 g/mol. The van der Waals surface area contributed by atoms with Gasteiger partial charge in [-0.2, -0.15) is 0 Å². The van der Waals surface area contributed by atoms with Gasteiger partial charge in [-0.05, 0) is 18.9 Å². The summed E-state index contributed by atoms with van der Waals surface area (Å²) in [6, 6.07) is 2.37. The molecule has 0 saturated carbocycles. The van der Waals surface area contributed by atoms with E-state index in [9.17, 15) is 34.2 Å². The molecule has 12 nitrogen and oxygen atoms in total. The molecule has 0 spiro atoms. The Bertz CT molecular complexity index is 1080. The predicted molar refractivity (Wildman–Crippen MR) is 142 cm³/mol. The summed E-state index contributed by atoms with van der Waals surface area (Å²) < 4.78 is 0. The number of alkyl halides is 2. The van der Waals surface area contributed by atoms with E-state index in [2.05, 4.69) is 21.3 Å². The number of nitrogens with zero attached hydrogens (tertiary/aromatic N) is 1. The molecule has 39 heavy (non-hydrogen) atoms. The number of amides is 5. The van der Waals surface area contributed by atoms with Crippen molar-refractivity contribution in [3.05, 3.63) is 35.9 Å². The lowest BCUT2D eigenvalue weighted by molar-refractivity contribution is -0.144. The molecule has 6 N–H and O–H groups in total. The van der Waals surface area contributed by atoms with Gasteiger partial charge in [0, 0.05) is 6.54 Å². The molecule has 0 unspecified atom stereocenters. The van der Waals surface area contributed by atoms with Crippen LogP contribution in [-0.2, 0) is 24.0 Å². The van der Waals surface area contributed by atoms with Crippen molar-refractivity contribution in [2.45, 2.75) is 73.8 Å². The standard InChI is InChI=1S/C25H33Cl2N5O7/c1-3-15-22(36)30-17(11-33)23(37)29-16(13-7-5-4-6-8-13)9-18(35)31-20(12(2)34)25(39)32-10-14(26)19(27)21(32)24(38)28-15/h4-8,12,14-17,19-21,33-34H,3,9-11H2,1-2H3,(H,28,38)(H,29,37)(H,30,36)(H,31,35)/t12-,14+,15-,16+,17-,19+,20-,21-/m1/s1. The third-order valence-electron chi connectivity index (χ3n) is 6.74. The Morgan fingerprint density at radius 3 is 2.15 bits per heavy atom. The SMILES string of the molecule is CC[C@H]1NC(=O)[C@H]2[C@@H](Cl)[C@@H](Cl)CN2C(=O)[C@@H]([C@@H](C)O)NC(=O)C[C@@H](c2ccccc2)NC(=O)[C@@H](CO)NC1=O. The lowest BCUT2D eigenvalue weighted by Crippen LogP contribution is -2.61. The molecule has 2 fully saturated rings. The first-order valence-electron chi connectivity index (χ1n) is 12.6. The monoisotopic (exact) mass is 585 g/mol. The highest BCUT2D eigenvalue weighted by atomic mass is 35.5. The van der Waals surface area contributed by atoms with Gasteiger partial charge in [-0.15, -0.1) is 23.2 Å². The van der Waals surface area contributed by atoms with E-state index in [1.807, 2.05) is 0 Å². The van der Waals surface area contributed by atoms with Gasteiger partial charge in [0.15, 0.2) is 0 Å². The van der Waals surface area contributed by atoms with Crippen LogP contribution in [-0.4, -0.2) is 98.8 Å². The van der Waals surface area contributed by atoms with Crippen LogP contribution in [0.25, 0.3) is 0 Å². The fourth-order valence-electron chi connectivity index (χ4n) is 4.56. The third-order valence-corrected chi connectivity index (χ3v) is 7.82. The second-order valence-corrected chi connectivity index (χ2v) is 10.6. The van der Waals surface area contributed by atoms with E-state index in [4.69, 9.17) is 23.2 Å². The molecule has 1 aromatic carbocycles. The maximum atomic E-state index is 13.5. The summed E-state index contributed by atoms with van der Waals surface area (Å²) in [4.78, 5) is 67.0. The van der Waals surface area contributed by atoms with Gasteiger partial charge in [-0.3, -0.25) is 24.0 Å². The minimum Gasteiger partial charge on any atom is -0.394 e. The topological polar surface area (TPSA) is 177 Å². The molecule has 2 aliphatic heterocycles. The molecule has 0 bridgehead atoms. The lowest BCUT2D eigenvalue weighted by atomic mass is 10.0.